The molecule has 0 radical (unpaired) electrons. The summed E-state index contributed by atoms with van der Waals surface area (Å²) in [6.07, 6.45) is 0. The largest absolute Gasteiger partial charge is 0.455 e. The molecule has 0 amide bonds. The van der Waals surface area contributed by atoms with Crippen molar-refractivity contribution in [1.82, 2.24) is 0 Å². The average Bonchev–Trinajstić information content (AvgIpc) is 3.64. The van der Waals surface area contributed by atoms with Crippen LogP contribution in [0.3, 0.4) is 0 Å². The minimum Gasteiger partial charge on any atom is -0.455 e. The fraction of sp³-hybridized carbons (Fsp3) is 0.0270. The van der Waals surface area contributed by atoms with E-state index in [-0.39, 0.29) is 10.6 Å². The summed E-state index contributed by atoms with van der Waals surface area (Å²) in [5, 5.41) is 14.8. The van der Waals surface area contributed by atoms with E-state index < -0.39 is 5.41 Å². The molecule has 6 aromatic carbocycles. The SMILES string of the molecule is O=[N+]([O-])c1ccccc1-c1cc2c(c3oc4ccccc4c13)-c1ccc(Cl)cc1C21c2ccccc2-c2ccccc21. The molecule has 0 saturated heterocycles. The van der Waals surface area contributed by atoms with Crippen LogP contribution in [0.25, 0.3) is 55.3 Å². The first-order chi connectivity index (χ1) is 20.6. The van der Waals surface area contributed by atoms with Gasteiger partial charge in [-0.05, 0) is 69.3 Å². The highest BCUT2D eigenvalue weighted by Gasteiger charge is 2.53. The Bertz CT molecular complexity index is 2270. The number of fused-ring (bicyclic) bond motifs is 14. The monoisotopic (exact) mass is 561 g/mol. The molecule has 0 bridgehead atoms. The van der Waals surface area contributed by atoms with Crippen LogP contribution in [0.1, 0.15) is 22.3 Å². The normalized spacial score (nSPS) is 13.7. The van der Waals surface area contributed by atoms with Crippen LogP contribution in [0.5, 0.6) is 0 Å². The summed E-state index contributed by atoms with van der Waals surface area (Å²) < 4.78 is 6.72. The van der Waals surface area contributed by atoms with Gasteiger partial charge >= 0.3 is 0 Å². The molecule has 0 fully saturated rings. The average molecular weight is 562 g/mol. The first kappa shape index (κ1) is 23.5. The lowest BCUT2D eigenvalue weighted by Gasteiger charge is -2.30. The lowest BCUT2D eigenvalue weighted by molar-refractivity contribution is -0.384. The highest BCUT2D eigenvalue weighted by molar-refractivity contribution is 6.31. The molecule has 2 aliphatic carbocycles. The number of nitrogens with zero attached hydrogens (tertiary/aromatic N) is 1. The van der Waals surface area contributed by atoms with Crippen LogP contribution in [0.2, 0.25) is 5.02 Å². The van der Waals surface area contributed by atoms with E-state index in [0.29, 0.717) is 10.6 Å². The van der Waals surface area contributed by atoms with Crippen LogP contribution < -0.4 is 0 Å². The molecule has 1 spiro atoms. The molecule has 2 aliphatic rings. The number of halogens is 1. The smallest absolute Gasteiger partial charge is 0.277 e. The summed E-state index contributed by atoms with van der Waals surface area (Å²) >= 11 is 6.75. The first-order valence-electron chi connectivity index (χ1n) is 13.8. The highest BCUT2D eigenvalue weighted by atomic mass is 35.5. The van der Waals surface area contributed by atoms with Gasteiger partial charge in [-0.25, -0.2) is 0 Å². The topological polar surface area (TPSA) is 56.3 Å². The van der Waals surface area contributed by atoms with E-state index in [1.807, 2.05) is 42.5 Å². The molecule has 0 unspecified atom stereocenters. The molecule has 7 aromatic rings. The molecule has 42 heavy (non-hydrogen) atoms. The fourth-order valence-electron chi connectivity index (χ4n) is 7.54. The summed E-state index contributed by atoms with van der Waals surface area (Å²) in [6, 6.07) is 40.2. The maximum Gasteiger partial charge on any atom is 0.277 e. The maximum atomic E-state index is 12.3. The Hall–Kier alpha value is -5.19. The Morgan fingerprint density at radius 2 is 1.26 bits per heavy atom. The van der Waals surface area contributed by atoms with E-state index in [0.717, 1.165) is 60.9 Å². The Morgan fingerprint density at radius 3 is 2.00 bits per heavy atom. The molecular weight excluding hydrogens is 542 g/mol. The Balaban J connectivity index is 1.55. The molecule has 1 heterocycles. The standard InChI is InChI=1S/C37H20ClNO3/c38-21-17-18-25-30(19-21)37(28-13-5-1-9-22(28)23-10-2-6-14-29(23)37)31-20-27(24-11-3-7-15-32(24)39(40)41)34-26-12-4-8-16-33(26)42-36(34)35(25)31/h1-20H. The molecule has 1 aromatic heterocycles. The summed E-state index contributed by atoms with van der Waals surface area (Å²) in [5.74, 6) is 0. The third kappa shape index (κ3) is 2.77. The van der Waals surface area contributed by atoms with Gasteiger partial charge < -0.3 is 4.42 Å². The van der Waals surface area contributed by atoms with Gasteiger partial charge in [0.1, 0.15) is 11.2 Å². The Morgan fingerprint density at radius 1 is 0.619 bits per heavy atom. The minimum atomic E-state index is -0.672. The number of hydrogen-bond donors (Lipinski definition) is 0. The molecule has 5 heteroatoms. The lowest BCUT2D eigenvalue weighted by Crippen LogP contribution is -2.26. The van der Waals surface area contributed by atoms with Gasteiger partial charge in [-0.3, -0.25) is 10.1 Å². The second-order valence-corrected chi connectivity index (χ2v) is 11.4. The zero-order chi connectivity index (χ0) is 28.2. The van der Waals surface area contributed by atoms with E-state index in [4.69, 9.17) is 16.0 Å². The molecule has 0 atom stereocenters. The van der Waals surface area contributed by atoms with Gasteiger partial charge in [-0.1, -0.05) is 96.5 Å². The third-order valence-corrected chi connectivity index (χ3v) is 9.29. The predicted octanol–water partition coefficient (Wildman–Crippen LogP) is 10.2. The van der Waals surface area contributed by atoms with Gasteiger partial charge in [0.25, 0.3) is 5.69 Å². The minimum absolute atomic E-state index is 0.0591. The van der Waals surface area contributed by atoms with Crippen LogP contribution in [0.15, 0.2) is 126 Å². The number of nitro groups is 1. The fourth-order valence-corrected chi connectivity index (χ4v) is 7.71. The highest BCUT2D eigenvalue weighted by Crippen LogP contribution is 2.65. The van der Waals surface area contributed by atoms with Gasteiger partial charge in [0, 0.05) is 33.0 Å². The summed E-state index contributed by atoms with van der Waals surface area (Å²) in [7, 11) is 0. The van der Waals surface area contributed by atoms with Crippen LogP contribution in [0, 0.1) is 10.1 Å². The van der Waals surface area contributed by atoms with Gasteiger partial charge in [0.2, 0.25) is 0 Å². The molecule has 0 saturated carbocycles. The van der Waals surface area contributed by atoms with Gasteiger partial charge in [-0.15, -0.1) is 0 Å². The molecule has 0 aliphatic heterocycles. The first-order valence-corrected chi connectivity index (χ1v) is 14.2. The molecule has 9 rings (SSSR count). The van der Waals surface area contributed by atoms with Crippen LogP contribution in [-0.4, -0.2) is 4.92 Å². The number of benzene rings is 6. The van der Waals surface area contributed by atoms with Crippen molar-refractivity contribution in [2.75, 3.05) is 0 Å². The Kier molecular flexibility index (Phi) is 4.58. The number of nitro benzene ring substituents is 1. The van der Waals surface area contributed by atoms with Crippen molar-refractivity contribution in [2.24, 2.45) is 0 Å². The summed E-state index contributed by atoms with van der Waals surface area (Å²) in [6.45, 7) is 0. The number of furan rings is 1. The van der Waals surface area contributed by atoms with E-state index in [9.17, 15) is 10.1 Å². The zero-order valence-electron chi connectivity index (χ0n) is 22.1. The van der Waals surface area contributed by atoms with Gasteiger partial charge in [0.15, 0.2) is 0 Å². The number of hydrogen-bond acceptors (Lipinski definition) is 3. The number of para-hydroxylation sites is 2. The van der Waals surface area contributed by atoms with E-state index in [1.54, 1.807) is 12.1 Å². The second-order valence-electron chi connectivity index (χ2n) is 11.0. The summed E-state index contributed by atoms with van der Waals surface area (Å²) in [5.41, 5.74) is 11.0. The molecule has 0 N–H and O–H groups in total. The van der Waals surface area contributed by atoms with Crippen molar-refractivity contribution < 1.29 is 9.34 Å². The van der Waals surface area contributed by atoms with Crippen molar-refractivity contribution in [3.63, 3.8) is 0 Å². The number of rotatable bonds is 2. The summed E-state index contributed by atoms with van der Waals surface area (Å²) in [4.78, 5) is 12.0. The third-order valence-electron chi connectivity index (χ3n) is 9.05. The van der Waals surface area contributed by atoms with Gasteiger partial charge in [-0.2, -0.15) is 0 Å². The van der Waals surface area contributed by atoms with Crippen molar-refractivity contribution in [1.29, 1.82) is 0 Å². The van der Waals surface area contributed by atoms with Crippen molar-refractivity contribution >= 4 is 39.2 Å². The van der Waals surface area contributed by atoms with Crippen molar-refractivity contribution in [2.45, 2.75) is 5.41 Å². The van der Waals surface area contributed by atoms with Gasteiger partial charge in [0.05, 0.1) is 15.9 Å². The lowest BCUT2D eigenvalue weighted by atomic mass is 9.70. The molecular formula is C37H20ClNO3. The van der Waals surface area contributed by atoms with Crippen LogP contribution in [0.4, 0.5) is 5.69 Å². The zero-order valence-corrected chi connectivity index (χ0v) is 22.9. The van der Waals surface area contributed by atoms with Crippen LogP contribution >= 0.6 is 11.6 Å². The van der Waals surface area contributed by atoms with E-state index in [2.05, 4.69) is 66.7 Å². The predicted molar refractivity (Wildman–Crippen MR) is 167 cm³/mol. The molecule has 198 valence electrons. The second kappa shape index (κ2) is 8.19. The van der Waals surface area contributed by atoms with Crippen molar-refractivity contribution in [3.8, 4) is 33.4 Å². The van der Waals surface area contributed by atoms with E-state index in [1.165, 1.54) is 11.1 Å². The quantitative estimate of drug-likeness (QED) is 0.156. The molecule has 4 nitrogen and oxygen atoms in total. The maximum absolute atomic E-state index is 12.3. The van der Waals surface area contributed by atoms with Crippen LogP contribution in [-0.2, 0) is 5.41 Å². The Labute approximate surface area is 245 Å². The van der Waals surface area contributed by atoms with Crippen molar-refractivity contribution in [3.05, 3.63) is 159 Å². The van der Waals surface area contributed by atoms with E-state index >= 15 is 0 Å².